The maximum Gasteiger partial charge on any atom is 0.170 e. The van der Waals surface area contributed by atoms with Gasteiger partial charge in [-0.2, -0.15) is 0 Å². The topological polar surface area (TPSA) is 24.9 Å². The SMILES string of the molecule is Fc1c(F)c(-c2ccc(N3c4ccccc4Oc4ccccc43)cc2)c(F)c(F)c1-c1ccc(N2c3ccccc3Oc3ccccc32)cc1. The summed E-state index contributed by atoms with van der Waals surface area (Å²) in [5.41, 5.74) is 2.83. The summed E-state index contributed by atoms with van der Waals surface area (Å²) in [7, 11) is 0. The molecule has 0 saturated carbocycles. The fraction of sp³-hybridized carbons (Fsp3) is 0. The van der Waals surface area contributed by atoms with Crippen LogP contribution in [0.25, 0.3) is 22.3 Å². The summed E-state index contributed by atoms with van der Waals surface area (Å²) in [6.07, 6.45) is 0. The van der Waals surface area contributed by atoms with E-state index in [0.29, 0.717) is 34.4 Å². The molecule has 0 N–H and O–H groups in total. The van der Waals surface area contributed by atoms with Gasteiger partial charge < -0.3 is 19.3 Å². The molecule has 0 atom stereocenters. The first kappa shape index (κ1) is 29.6. The second-order valence-corrected chi connectivity index (χ2v) is 11.8. The second-order valence-electron chi connectivity index (χ2n) is 11.8. The molecule has 2 heterocycles. The molecule has 9 rings (SSSR count). The lowest BCUT2D eigenvalue weighted by molar-refractivity contribution is 0.463. The Labute approximate surface area is 284 Å². The largest absolute Gasteiger partial charge is 0.453 e. The monoisotopic (exact) mass is 664 g/mol. The van der Waals surface area contributed by atoms with E-state index in [1.165, 1.54) is 24.3 Å². The summed E-state index contributed by atoms with van der Waals surface area (Å²) in [6.45, 7) is 0. The van der Waals surface area contributed by atoms with Crippen LogP contribution in [0.1, 0.15) is 0 Å². The van der Waals surface area contributed by atoms with E-state index in [0.717, 1.165) is 22.7 Å². The van der Waals surface area contributed by atoms with Crippen LogP contribution in [0.2, 0.25) is 0 Å². The molecule has 0 bridgehead atoms. The number of rotatable bonds is 4. The van der Waals surface area contributed by atoms with Crippen molar-refractivity contribution in [2.75, 3.05) is 9.80 Å². The van der Waals surface area contributed by atoms with Gasteiger partial charge in [0, 0.05) is 11.4 Å². The van der Waals surface area contributed by atoms with Gasteiger partial charge in [0.05, 0.1) is 33.9 Å². The van der Waals surface area contributed by atoms with Gasteiger partial charge in [0.2, 0.25) is 0 Å². The maximum absolute atomic E-state index is 15.8. The van der Waals surface area contributed by atoms with E-state index in [4.69, 9.17) is 9.47 Å². The molecule has 50 heavy (non-hydrogen) atoms. The van der Waals surface area contributed by atoms with Crippen molar-refractivity contribution in [2.24, 2.45) is 0 Å². The number of ether oxygens (including phenoxy) is 2. The van der Waals surface area contributed by atoms with Crippen molar-refractivity contribution in [1.82, 2.24) is 0 Å². The maximum atomic E-state index is 15.8. The summed E-state index contributed by atoms with van der Waals surface area (Å²) < 4.78 is 75.3. The predicted molar refractivity (Wildman–Crippen MR) is 187 cm³/mol. The van der Waals surface area contributed by atoms with E-state index >= 15 is 17.6 Å². The molecule has 2 aliphatic rings. The number of nitrogens with zero attached hydrogens (tertiary/aromatic N) is 2. The Bertz CT molecular complexity index is 2160. The van der Waals surface area contributed by atoms with Crippen molar-refractivity contribution < 1.29 is 27.0 Å². The average Bonchev–Trinajstić information content (AvgIpc) is 3.16. The number of hydrogen-bond donors (Lipinski definition) is 0. The van der Waals surface area contributed by atoms with Crippen LogP contribution in [0.5, 0.6) is 23.0 Å². The Kier molecular flexibility index (Phi) is 6.84. The van der Waals surface area contributed by atoms with Crippen LogP contribution < -0.4 is 19.3 Å². The van der Waals surface area contributed by atoms with Crippen molar-refractivity contribution in [2.45, 2.75) is 0 Å². The first-order valence-electron chi connectivity index (χ1n) is 15.9. The van der Waals surface area contributed by atoms with Crippen molar-refractivity contribution in [1.29, 1.82) is 0 Å². The highest BCUT2D eigenvalue weighted by molar-refractivity contribution is 5.88. The lowest BCUT2D eigenvalue weighted by Crippen LogP contribution is -2.15. The Morgan fingerprint density at radius 3 is 0.860 bits per heavy atom. The summed E-state index contributed by atoms with van der Waals surface area (Å²) in [6, 6.07) is 42.3. The van der Waals surface area contributed by atoms with E-state index < -0.39 is 34.4 Å². The normalized spacial score (nSPS) is 12.6. The molecule has 0 fully saturated rings. The number of para-hydroxylation sites is 8. The van der Waals surface area contributed by atoms with Gasteiger partial charge in [-0.05, 0) is 83.9 Å². The zero-order valence-electron chi connectivity index (χ0n) is 26.1. The van der Waals surface area contributed by atoms with E-state index in [9.17, 15) is 0 Å². The Balaban J connectivity index is 1.07. The van der Waals surface area contributed by atoms with E-state index in [2.05, 4.69) is 0 Å². The number of anilines is 6. The Morgan fingerprint density at radius 2 is 0.580 bits per heavy atom. The molecule has 2 aliphatic heterocycles. The molecule has 0 amide bonds. The molecule has 0 radical (unpaired) electrons. The molecule has 4 nitrogen and oxygen atoms in total. The summed E-state index contributed by atoms with van der Waals surface area (Å²) in [5.74, 6) is -3.36. The highest BCUT2D eigenvalue weighted by atomic mass is 19.2. The average molecular weight is 665 g/mol. The smallest absolute Gasteiger partial charge is 0.170 e. The van der Waals surface area contributed by atoms with Crippen molar-refractivity contribution in [3.8, 4) is 45.3 Å². The zero-order chi connectivity index (χ0) is 33.9. The van der Waals surface area contributed by atoms with E-state index in [-0.39, 0.29) is 11.1 Å². The van der Waals surface area contributed by atoms with Gasteiger partial charge in [-0.25, -0.2) is 17.6 Å². The van der Waals surface area contributed by atoms with Crippen molar-refractivity contribution in [3.05, 3.63) is 169 Å². The molecule has 242 valence electrons. The fourth-order valence-corrected chi connectivity index (χ4v) is 6.66. The number of fused-ring (bicyclic) bond motifs is 4. The van der Waals surface area contributed by atoms with Crippen LogP contribution in [-0.4, -0.2) is 0 Å². The molecule has 0 unspecified atom stereocenters. The number of hydrogen-bond acceptors (Lipinski definition) is 4. The second kappa shape index (κ2) is 11.6. The standard InChI is InChI=1S/C42H24F4N2O2/c43-39-37(25-17-21-27(22-18-25)47-29-9-1-5-13-33(29)49-34-14-6-2-10-30(34)47)40(44)42(46)38(41(39)45)26-19-23-28(24-20-26)48-31-11-3-7-15-35(31)50-36-16-8-4-12-32(36)48/h1-24H. The lowest BCUT2D eigenvalue weighted by atomic mass is 9.96. The minimum atomic E-state index is -1.48. The van der Waals surface area contributed by atoms with Crippen molar-refractivity contribution >= 4 is 34.1 Å². The van der Waals surface area contributed by atoms with Crippen LogP contribution in [0, 0.1) is 23.3 Å². The third-order valence-electron chi connectivity index (χ3n) is 8.96. The van der Waals surface area contributed by atoms with Gasteiger partial charge in [-0.15, -0.1) is 0 Å². The highest BCUT2D eigenvalue weighted by Gasteiger charge is 2.30. The molecule has 8 heteroatoms. The molecule has 7 aromatic carbocycles. The highest BCUT2D eigenvalue weighted by Crippen LogP contribution is 2.52. The van der Waals surface area contributed by atoms with Crippen LogP contribution >= 0.6 is 0 Å². The van der Waals surface area contributed by atoms with Crippen LogP contribution in [-0.2, 0) is 0 Å². The molecular formula is C42H24F4N2O2. The summed E-state index contributed by atoms with van der Waals surface area (Å²) in [5, 5.41) is 0. The van der Waals surface area contributed by atoms with Gasteiger partial charge in [-0.3, -0.25) is 0 Å². The van der Waals surface area contributed by atoms with Crippen molar-refractivity contribution in [3.63, 3.8) is 0 Å². The summed E-state index contributed by atoms with van der Waals surface area (Å²) >= 11 is 0. The first-order chi connectivity index (χ1) is 24.5. The first-order valence-corrected chi connectivity index (χ1v) is 15.9. The quantitative estimate of drug-likeness (QED) is 0.138. The minimum Gasteiger partial charge on any atom is -0.453 e. The van der Waals surface area contributed by atoms with Gasteiger partial charge >= 0.3 is 0 Å². The van der Waals surface area contributed by atoms with Crippen LogP contribution in [0.4, 0.5) is 51.7 Å². The molecule has 7 aromatic rings. The van der Waals surface area contributed by atoms with Crippen LogP contribution in [0.15, 0.2) is 146 Å². The van der Waals surface area contributed by atoms with Gasteiger partial charge in [0.25, 0.3) is 0 Å². The molecule has 0 aliphatic carbocycles. The van der Waals surface area contributed by atoms with Gasteiger partial charge in [-0.1, -0.05) is 72.8 Å². The molecule has 0 spiro atoms. The predicted octanol–water partition coefficient (Wildman–Crippen LogP) is 12.7. The molecule has 0 aromatic heterocycles. The van der Waals surface area contributed by atoms with E-state index in [1.54, 1.807) is 24.3 Å². The summed E-state index contributed by atoms with van der Waals surface area (Å²) in [4.78, 5) is 3.90. The number of halogens is 4. The Morgan fingerprint density at radius 1 is 0.320 bits per heavy atom. The third kappa shape index (κ3) is 4.60. The van der Waals surface area contributed by atoms with Gasteiger partial charge in [0.1, 0.15) is 0 Å². The zero-order valence-corrected chi connectivity index (χ0v) is 26.1. The van der Waals surface area contributed by atoms with Crippen LogP contribution in [0.3, 0.4) is 0 Å². The fourth-order valence-electron chi connectivity index (χ4n) is 6.66. The minimum absolute atomic E-state index is 0.0112. The van der Waals surface area contributed by atoms with Gasteiger partial charge in [0.15, 0.2) is 46.3 Å². The molecular weight excluding hydrogens is 640 g/mol. The molecule has 0 saturated heterocycles. The number of benzene rings is 7. The lowest BCUT2D eigenvalue weighted by Gasteiger charge is -2.32. The third-order valence-corrected chi connectivity index (χ3v) is 8.96. The van der Waals surface area contributed by atoms with E-state index in [1.807, 2.05) is 107 Å². The Hall–Kier alpha value is -6.54.